The van der Waals surface area contributed by atoms with Gasteiger partial charge in [0.1, 0.15) is 0 Å². The SMILES string of the molecule is CC1(C(=O)N(CC2CCCO2)C2CCSC2)CCCC1N. The maximum absolute atomic E-state index is 13.2. The Bertz CT molecular complexity index is 380. The molecule has 3 rings (SSSR count). The Hall–Kier alpha value is -0.260. The molecule has 1 aliphatic carbocycles. The molecule has 2 saturated heterocycles. The third-order valence-corrected chi connectivity index (χ3v) is 6.69. The number of carbonyl (C=O) groups is 1. The van der Waals surface area contributed by atoms with Crippen molar-refractivity contribution in [1.29, 1.82) is 0 Å². The summed E-state index contributed by atoms with van der Waals surface area (Å²) in [6, 6.07) is 0.405. The van der Waals surface area contributed by atoms with E-state index in [-0.39, 0.29) is 23.5 Å². The van der Waals surface area contributed by atoms with Crippen LogP contribution < -0.4 is 5.73 Å². The number of hydrogen-bond acceptors (Lipinski definition) is 4. The minimum absolute atomic E-state index is 0.0195. The van der Waals surface area contributed by atoms with Gasteiger partial charge in [-0.25, -0.2) is 0 Å². The Balaban J connectivity index is 1.75. The van der Waals surface area contributed by atoms with Gasteiger partial charge in [-0.3, -0.25) is 4.79 Å². The standard InChI is InChI=1S/C16H28N2O2S/c1-16(7-2-5-14(16)17)15(19)18(12-6-9-21-11-12)10-13-4-3-8-20-13/h12-14H,2-11,17H2,1H3. The Morgan fingerprint density at radius 2 is 2.24 bits per heavy atom. The minimum atomic E-state index is -0.355. The van der Waals surface area contributed by atoms with Crippen molar-refractivity contribution in [2.45, 2.75) is 63.6 Å². The molecule has 2 heterocycles. The van der Waals surface area contributed by atoms with Crippen LogP contribution in [-0.4, -0.2) is 53.7 Å². The zero-order chi connectivity index (χ0) is 14.9. The number of nitrogens with two attached hydrogens (primary N) is 1. The van der Waals surface area contributed by atoms with Gasteiger partial charge in [0.05, 0.1) is 11.5 Å². The monoisotopic (exact) mass is 312 g/mol. The zero-order valence-electron chi connectivity index (χ0n) is 13.1. The second kappa shape index (κ2) is 6.47. The molecule has 2 aliphatic heterocycles. The van der Waals surface area contributed by atoms with Gasteiger partial charge in [-0.1, -0.05) is 6.42 Å². The first-order valence-electron chi connectivity index (χ1n) is 8.37. The van der Waals surface area contributed by atoms with E-state index in [1.165, 1.54) is 5.75 Å². The normalized spacial score (nSPS) is 39.8. The van der Waals surface area contributed by atoms with Gasteiger partial charge in [0.15, 0.2) is 0 Å². The molecular formula is C16H28N2O2S. The van der Waals surface area contributed by atoms with Crippen molar-refractivity contribution in [3.63, 3.8) is 0 Å². The fraction of sp³-hybridized carbons (Fsp3) is 0.938. The highest BCUT2D eigenvalue weighted by molar-refractivity contribution is 7.99. The summed E-state index contributed by atoms with van der Waals surface area (Å²) in [6.45, 7) is 3.70. The van der Waals surface area contributed by atoms with Gasteiger partial charge in [0, 0.05) is 31.0 Å². The molecule has 120 valence electrons. The van der Waals surface area contributed by atoms with Gasteiger partial charge in [-0.2, -0.15) is 11.8 Å². The smallest absolute Gasteiger partial charge is 0.230 e. The molecule has 2 N–H and O–H groups in total. The van der Waals surface area contributed by atoms with Crippen molar-refractivity contribution in [3.05, 3.63) is 0 Å². The van der Waals surface area contributed by atoms with Crippen LogP contribution in [0, 0.1) is 5.41 Å². The summed E-state index contributed by atoms with van der Waals surface area (Å²) in [7, 11) is 0. The summed E-state index contributed by atoms with van der Waals surface area (Å²) in [4.78, 5) is 15.4. The summed E-state index contributed by atoms with van der Waals surface area (Å²) >= 11 is 1.96. The molecule has 0 aromatic rings. The molecule has 1 saturated carbocycles. The van der Waals surface area contributed by atoms with Crippen molar-refractivity contribution in [3.8, 4) is 0 Å². The Morgan fingerprint density at radius 3 is 2.81 bits per heavy atom. The van der Waals surface area contributed by atoms with Crippen LogP contribution in [-0.2, 0) is 9.53 Å². The lowest BCUT2D eigenvalue weighted by Gasteiger charge is -2.38. The van der Waals surface area contributed by atoms with Gasteiger partial charge in [0.2, 0.25) is 5.91 Å². The Morgan fingerprint density at radius 1 is 1.38 bits per heavy atom. The second-order valence-corrected chi connectivity index (χ2v) is 8.18. The van der Waals surface area contributed by atoms with Crippen molar-refractivity contribution < 1.29 is 9.53 Å². The van der Waals surface area contributed by atoms with E-state index in [4.69, 9.17) is 10.5 Å². The molecule has 5 heteroatoms. The topological polar surface area (TPSA) is 55.6 Å². The Labute approximate surface area is 132 Å². The number of amides is 1. The third-order valence-electron chi connectivity index (χ3n) is 5.55. The highest BCUT2D eigenvalue weighted by Crippen LogP contribution is 2.40. The first-order valence-corrected chi connectivity index (χ1v) is 9.53. The van der Waals surface area contributed by atoms with Crippen molar-refractivity contribution >= 4 is 17.7 Å². The first-order chi connectivity index (χ1) is 10.1. The lowest BCUT2D eigenvalue weighted by molar-refractivity contribution is -0.145. The fourth-order valence-electron chi connectivity index (χ4n) is 3.96. The number of hydrogen-bond donors (Lipinski definition) is 1. The van der Waals surface area contributed by atoms with E-state index in [2.05, 4.69) is 11.8 Å². The quantitative estimate of drug-likeness (QED) is 0.863. The molecule has 0 aromatic heterocycles. The fourth-order valence-corrected chi connectivity index (χ4v) is 5.18. The van der Waals surface area contributed by atoms with E-state index < -0.39 is 0 Å². The van der Waals surface area contributed by atoms with E-state index in [0.29, 0.717) is 6.04 Å². The maximum Gasteiger partial charge on any atom is 0.230 e. The zero-order valence-corrected chi connectivity index (χ0v) is 13.9. The molecule has 0 radical (unpaired) electrons. The van der Waals surface area contributed by atoms with E-state index in [9.17, 15) is 4.79 Å². The van der Waals surface area contributed by atoms with Crippen LogP contribution in [0.5, 0.6) is 0 Å². The average molecular weight is 312 g/mol. The van der Waals surface area contributed by atoms with Crippen LogP contribution in [0.2, 0.25) is 0 Å². The van der Waals surface area contributed by atoms with Crippen LogP contribution in [0.15, 0.2) is 0 Å². The third kappa shape index (κ3) is 3.10. The molecule has 0 spiro atoms. The van der Waals surface area contributed by atoms with E-state index in [1.54, 1.807) is 0 Å². The van der Waals surface area contributed by atoms with Crippen LogP contribution in [0.25, 0.3) is 0 Å². The second-order valence-electron chi connectivity index (χ2n) is 7.03. The highest BCUT2D eigenvalue weighted by Gasteiger charge is 2.47. The van der Waals surface area contributed by atoms with Gasteiger partial charge < -0.3 is 15.4 Å². The predicted molar refractivity (Wildman–Crippen MR) is 86.4 cm³/mol. The lowest BCUT2D eigenvalue weighted by atomic mass is 9.83. The summed E-state index contributed by atoms with van der Waals surface area (Å²) in [5.74, 6) is 2.53. The van der Waals surface area contributed by atoms with Crippen LogP contribution in [0.1, 0.15) is 45.4 Å². The Kier molecular flexibility index (Phi) is 4.81. The predicted octanol–water partition coefficient (Wildman–Crippen LogP) is 2.02. The number of carbonyl (C=O) groups excluding carboxylic acids is 1. The van der Waals surface area contributed by atoms with Gasteiger partial charge in [-0.15, -0.1) is 0 Å². The molecule has 3 fully saturated rings. The van der Waals surface area contributed by atoms with Gasteiger partial charge in [-0.05, 0) is 44.8 Å². The molecule has 4 atom stereocenters. The van der Waals surface area contributed by atoms with E-state index in [1.807, 2.05) is 11.8 Å². The largest absolute Gasteiger partial charge is 0.376 e. The van der Waals surface area contributed by atoms with Gasteiger partial charge >= 0.3 is 0 Å². The van der Waals surface area contributed by atoms with Crippen molar-refractivity contribution in [1.82, 2.24) is 4.90 Å². The molecule has 1 amide bonds. The van der Waals surface area contributed by atoms with Crippen LogP contribution >= 0.6 is 11.8 Å². The number of thioether (sulfide) groups is 1. The first kappa shape index (κ1) is 15.6. The summed E-state index contributed by atoms with van der Waals surface area (Å²) in [6.07, 6.45) is 6.57. The number of rotatable bonds is 4. The molecule has 3 aliphatic rings. The minimum Gasteiger partial charge on any atom is -0.376 e. The summed E-state index contributed by atoms with van der Waals surface area (Å²) in [5.41, 5.74) is 5.92. The van der Waals surface area contributed by atoms with Crippen molar-refractivity contribution in [2.24, 2.45) is 11.1 Å². The number of ether oxygens (including phenoxy) is 1. The van der Waals surface area contributed by atoms with Crippen molar-refractivity contribution in [2.75, 3.05) is 24.7 Å². The molecular weight excluding hydrogens is 284 g/mol. The molecule has 4 unspecified atom stereocenters. The van der Waals surface area contributed by atoms with Crippen LogP contribution in [0.3, 0.4) is 0 Å². The maximum atomic E-state index is 13.2. The van der Waals surface area contributed by atoms with E-state index in [0.717, 1.165) is 57.4 Å². The van der Waals surface area contributed by atoms with Crippen LogP contribution in [0.4, 0.5) is 0 Å². The molecule has 4 nitrogen and oxygen atoms in total. The summed E-state index contributed by atoms with van der Waals surface area (Å²) in [5, 5.41) is 0. The molecule has 21 heavy (non-hydrogen) atoms. The lowest BCUT2D eigenvalue weighted by Crippen LogP contribution is -2.54. The van der Waals surface area contributed by atoms with E-state index >= 15 is 0 Å². The molecule has 0 aromatic carbocycles. The molecule has 0 bridgehead atoms. The van der Waals surface area contributed by atoms with Gasteiger partial charge in [0.25, 0.3) is 0 Å². The summed E-state index contributed by atoms with van der Waals surface area (Å²) < 4.78 is 5.78. The number of nitrogens with zero attached hydrogens (tertiary/aromatic N) is 1. The average Bonchev–Trinajstić information content (AvgIpc) is 3.19. The highest BCUT2D eigenvalue weighted by atomic mass is 32.2.